The molecule has 4 nitrogen and oxygen atoms in total. The highest BCUT2D eigenvalue weighted by Gasteiger charge is 2.22. The average Bonchev–Trinajstić information content (AvgIpc) is 3.13. The van der Waals surface area contributed by atoms with Crippen LogP contribution in [0.4, 0.5) is 9.52 Å². The Morgan fingerprint density at radius 2 is 1.90 bits per heavy atom. The highest BCUT2D eigenvalue weighted by molar-refractivity contribution is 7.98. The molecular formula is C21H25ClFN3OS2. The van der Waals surface area contributed by atoms with Crippen molar-refractivity contribution in [3.05, 3.63) is 53.8 Å². The van der Waals surface area contributed by atoms with Crippen LogP contribution in [-0.2, 0) is 0 Å². The van der Waals surface area contributed by atoms with Crippen molar-refractivity contribution in [2.24, 2.45) is 0 Å². The molecular weight excluding hydrogens is 429 g/mol. The lowest BCUT2D eigenvalue weighted by atomic mass is 10.2. The standard InChI is InChI=1S/C21H24FN3OS2.ClH/c1-4-24(5-2)11-12-25(20(26)15-7-6-8-17(13-15)27-3)21-23-18-10-9-16(22)14-19(18)28-21;/h6-10,13-14H,4-5,11-12H2,1-3H3;1H. The monoisotopic (exact) mass is 453 g/mol. The molecule has 3 aromatic rings. The van der Waals surface area contributed by atoms with Crippen LogP contribution in [0.25, 0.3) is 10.2 Å². The van der Waals surface area contributed by atoms with Crippen LogP contribution in [0.5, 0.6) is 0 Å². The summed E-state index contributed by atoms with van der Waals surface area (Å²) in [6.45, 7) is 7.35. The van der Waals surface area contributed by atoms with Gasteiger partial charge in [0.05, 0.1) is 10.2 Å². The molecule has 0 radical (unpaired) electrons. The van der Waals surface area contributed by atoms with Gasteiger partial charge in [-0.15, -0.1) is 24.2 Å². The Balaban J connectivity index is 0.00000300. The number of hydrogen-bond acceptors (Lipinski definition) is 5. The van der Waals surface area contributed by atoms with E-state index in [0.29, 0.717) is 22.8 Å². The van der Waals surface area contributed by atoms with Gasteiger partial charge in [0.2, 0.25) is 0 Å². The van der Waals surface area contributed by atoms with Crippen molar-refractivity contribution in [2.75, 3.05) is 37.3 Å². The van der Waals surface area contributed by atoms with Gasteiger partial charge in [-0.1, -0.05) is 31.3 Å². The van der Waals surface area contributed by atoms with Gasteiger partial charge in [-0.05, 0) is 55.7 Å². The second-order valence-corrected chi connectivity index (χ2v) is 8.21. The number of likely N-dealkylation sites (N-methyl/N-ethyl adjacent to an activating group) is 1. The fourth-order valence-electron chi connectivity index (χ4n) is 2.98. The van der Waals surface area contributed by atoms with E-state index in [-0.39, 0.29) is 24.1 Å². The van der Waals surface area contributed by atoms with Gasteiger partial charge in [-0.25, -0.2) is 9.37 Å². The van der Waals surface area contributed by atoms with Gasteiger partial charge in [-0.3, -0.25) is 9.69 Å². The summed E-state index contributed by atoms with van der Waals surface area (Å²) >= 11 is 2.95. The molecule has 2 aromatic carbocycles. The number of rotatable bonds is 8. The van der Waals surface area contributed by atoms with E-state index in [1.165, 1.54) is 23.5 Å². The first-order chi connectivity index (χ1) is 13.5. The molecule has 156 valence electrons. The van der Waals surface area contributed by atoms with Gasteiger partial charge < -0.3 is 4.90 Å². The molecule has 3 rings (SSSR count). The van der Waals surface area contributed by atoms with Crippen molar-refractivity contribution in [2.45, 2.75) is 18.7 Å². The minimum Gasteiger partial charge on any atom is -0.302 e. The SMILES string of the molecule is CCN(CC)CCN(C(=O)c1cccc(SC)c1)c1nc2ccc(F)cc2s1.Cl. The summed E-state index contributed by atoms with van der Waals surface area (Å²) in [5, 5.41) is 0.604. The van der Waals surface area contributed by atoms with Crippen LogP contribution < -0.4 is 4.90 Å². The Hall–Kier alpha value is -1.67. The number of halogens is 2. The molecule has 8 heteroatoms. The molecule has 0 N–H and O–H groups in total. The van der Waals surface area contributed by atoms with Crippen LogP contribution >= 0.6 is 35.5 Å². The largest absolute Gasteiger partial charge is 0.302 e. The first kappa shape index (κ1) is 23.6. The van der Waals surface area contributed by atoms with Crippen LogP contribution in [0.15, 0.2) is 47.4 Å². The molecule has 0 spiro atoms. The first-order valence-corrected chi connectivity index (χ1v) is 11.3. The van der Waals surface area contributed by atoms with Crippen molar-refractivity contribution in [3.8, 4) is 0 Å². The topological polar surface area (TPSA) is 36.4 Å². The van der Waals surface area contributed by atoms with Crippen LogP contribution in [0.3, 0.4) is 0 Å². The lowest BCUT2D eigenvalue weighted by molar-refractivity contribution is 0.0983. The van der Waals surface area contributed by atoms with Crippen molar-refractivity contribution >= 4 is 56.8 Å². The summed E-state index contributed by atoms with van der Waals surface area (Å²) in [7, 11) is 0. The van der Waals surface area contributed by atoms with Gasteiger partial charge in [0.1, 0.15) is 5.82 Å². The third-order valence-corrected chi connectivity index (χ3v) is 6.43. The number of anilines is 1. The van der Waals surface area contributed by atoms with Crippen molar-refractivity contribution in [3.63, 3.8) is 0 Å². The van der Waals surface area contributed by atoms with Gasteiger partial charge in [0, 0.05) is 23.5 Å². The summed E-state index contributed by atoms with van der Waals surface area (Å²) in [5.41, 5.74) is 1.34. The predicted molar refractivity (Wildman–Crippen MR) is 125 cm³/mol. The molecule has 1 heterocycles. The highest BCUT2D eigenvalue weighted by Crippen LogP contribution is 2.30. The zero-order valence-electron chi connectivity index (χ0n) is 16.7. The van der Waals surface area contributed by atoms with E-state index >= 15 is 0 Å². The van der Waals surface area contributed by atoms with Gasteiger partial charge in [0.15, 0.2) is 5.13 Å². The molecule has 1 aromatic heterocycles. The van der Waals surface area contributed by atoms with E-state index in [1.807, 2.05) is 30.5 Å². The molecule has 1 amide bonds. The van der Waals surface area contributed by atoms with Crippen LogP contribution in [0.2, 0.25) is 0 Å². The Morgan fingerprint density at radius 1 is 1.14 bits per heavy atom. The lowest BCUT2D eigenvalue weighted by Crippen LogP contribution is -2.38. The third-order valence-electron chi connectivity index (χ3n) is 4.67. The van der Waals surface area contributed by atoms with E-state index in [9.17, 15) is 9.18 Å². The van der Waals surface area contributed by atoms with Crippen LogP contribution in [-0.4, -0.2) is 48.2 Å². The maximum absolute atomic E-state index is 13.6. The molecule has 0 saturated carbocycles. The lowest BCUT2D eigenvalue weighted by Gasteiger charge is -2.24. The minimum absolute atomic E-state index is 0. The maximum Gasteiger partial charge on any atom is 0.260 e. The summed E-state index contributed by atoms with van der Waals surface area (Å²) in [6.07, 6.45) is 1.99. The molecule has 29 heavy (non-hydrogen) atoms. The summed E-state index contributed by atoms with van der Waals surface area (Å²) in [5.74, 6) is -0.376. The Labute approximate surface area is 185 Å². The normalized spacial score (nSPS) is 10.9. The van der Waals surface area contributed by atoms with Gasteiger partial charge >= 0.3 is 0 Å². The highest BCUT2D eigenvalue weighted by atomic mass is 35.5. The Morgan fingerprint density at radius 3 is 2.59 bits per heavy atom. The number of aromatic nitrogens is 1. The van der Waals surface area contributed by atoms with E-state index in [4.69, 9.17) is 0 Å². The number of hydrogen-bond donors (Lipinski definition) is 0. The fraction of sp³-hybridized carbons (Fsp3) is 0.333. The van der Waals surface area contributed by atoms with Gasteiger partial charge in [-0.2, -0.15) is 0 Å². The van der Waals surface area contributed by atoms with Crippen molar-refractivity contribution < 1.29 is 9.18 Å². The van der Waals surface area contributed by atoms with Crippen molar-refractivity contribution in [1.82, 2.24) is 9.88 Å². The molecule has 0 unspecified atom stereocenters. The van der Waals surface area contributed by atoms with E-state index in [1.54, 1.807) is 22.7 Å². The number of fused-ring (bicyclic) bond motifs is 1. The molecule has 0 fully saturated rings. The Bertz CT molecular complexity index is 962. The molecule has 0 aliphatic rings. The number of benzene rings is 2. The van der Waals surface area contributed by atoms with Crippen LogP contribution in [0, 0.1) is 5.82 Å². The zero-order chi connectivity index (χ0) is 20.1. The molecule has 0 aliphatic carbocycles. The zero-order valence-corrected chi connectivity index (χ0v) is 19.2. The van der Waals surface area contributed by atoms with Gasteiger partial charge in [0.25, 0.3) is 5.91 Å². The molecule has 0 bridgehead atoms. The fourth-order valence-corrected chi connectivity index (χ4v) is 4.45. The molecule has 0 saturated heterocycles. The number of nitrogens with zero attached hydrogens (tertiary/aromatic N) is 3. The maximum atomic E-state index is 13.6. The second kappa shape index (κ2) is 10.9. The number of carbonyl (C=O) groups excluding carboxylic acids is 1. The minimum atomic E-state index is -0.295. The molecule has 0 aliphatic heterocycles. The average molecular weight is 454 g/mol. The number of amides is 1. The summed E-state index contributed by atoms with van der Waals surface area (Å²) < 4.78 is 14.3. The summed E-state index contributed by atoms with van der Waals surface area (Å²) in [4.78, 5) is 23.0. The number of carbonyl (C=O) groups is 1. The smallest absolute Gasteiger partial charge is 0.260 e. The molecule has 0 atom stereocenters. The van der Waals surface area contributed by atoms with E-state index in [2.05, 4.69) is 23.7 Å². The second-order valence-electron chi connectivity index (χ2n) is 6.32. The Kier molecular flexibility index (Phi) is 8.89. The third kappa shape index (κ3) is 5.69. The quantitative estimate of drug-likeness (QED) is 0.418. The van der Waals surface area contributed by atoms with Crippen LogP contribution in [0.1, 0.15) is 24.2 Å². The predicted octanol–water partition coefficient (Wildman–Crippen LogP) is 5.57. The van der Waals surface area contributed by atoms with E-state index < -0.39 is 0 Å². The first-order valence-electron chi connectivity index (χ1n) is 9.30. The number of thioether (sulfide) groups is 1. The van der Waals surface area contributed by atoms with E-state index in [0.717, 1.165) is 29.2 Å². The number of thiazole rings is 1. The van der Waals surface area contributed by atoms with Crippen molar-refractivity contribution in [1.29, 1.82) is 0 Å². The summed E-state index contributed by atoms with van der Waals surface area (Å²) in [6, 6.07) is 12.2.